The number of furan rings is 1. The molecular formula is C30H28N4O4S. The summed E-state index contributed by atoms with van der Waals surface area (Å²) in [7, 11) is 1.35. The van der Waals surface area contributed by atoms with Gasteiger partial charge < -0.3 is 24.7 Å². The van der Waals surface area contributed by atoms with Crippen LogP contribution in [0.5, 0.6) is 0 Å². The number of anilines is 1. The topological polar surface area (TPSA) is 96.7 Å². The number of methoxy groups -OCH3 is 1. The van der Waals surface area contributed by atoms with Crippen LogP contribution in [0.2, 0.25) is 0 Å². The molecule has 198 valence electrons. The first kappa shape index (κ1) is 26.1. The van der Waals surface area contributed by atoms with Crippen LogP contribution in [0, 0.1) is 6.92 Å². The Hall–Kier alpha value is -4.50. The number of nitrogens with zero attached hydrogens (tertiary/aromatic N) is 2. The molecule has 0 spiro atoms. The van der Waals surface area contributed by atoms with Crippen molar-refractivity contribution in [1.29, 1.82) is 0 Å². The minimum absolute atomic E-state index is 0.0991. The molecule has 1 aliphatic rings. The Morgan fingerprint density at radius 2 is 1.82 bits per heavy atom. The Balaban J connectivity index is 1.39. The van der Waals surface area contributed by atoms with E-state index in [0.29, 0.717) is 28.7 Å². The van der Waals surface area contributed by atoms with E-state index in [0.717, 1.165) is 22.5 Å². The Labute approximate surface area is 232 Å². The third kappa shape index (κ3) is 5.68. The van der Waals surface area contributed by atoms with Crippen molar-refractivity contribution in [2.24, 2.45) is 0 Å². The van der Waals surface area contributed by atoms with E-state index in [1.54, 1.807) is 18.3 Å². The maximum absolute atomic E-state index is 12.8. The third-order valence-electron chi connectivity index (χ3n) is 6.71. The smallest absolute Gasteiger partial charge is 0.337 e. The highest BCUT2D eigenvalue weighted by molar-refractivity contribution is 7.80. The number of benzene rings is 2. The molecule has 2 aromatic heterocycles. The van der Waals surface area contributed by atoms with E-state index in [1.807, 2.05) is 78.6 Å². The third-order valence-corrected chi connectivity index (χ3v) is 7.06. The highest BCUT2D eigenvalue weighted by atomic mass is 32.1. The summed E-state index contributed by atoms with van der Waals surface area (Å²) in [6.07, 6.45) is 1.98. The number of ether oxygens (including phenoxy) is 1. The van der Waals surface area contributed by atoms with Crippen LogP contribution in [0.4, 0.5) is 5.69 Å². The first-order valence-corrected chi connectivity index (χ1v) is 13.0. The van der Waals surface area contributed by atoms with Crippen LogP contribution in [0.3, 0.4) is 0 Å². The summed E-state index contributed by atoms with van der Waals surface area (Å²) >= 11 is 5.72. The molecule has 2 N–H and O–H groups in total. The number of pyridine rings is 1. The standard InChI is InChI=1S/C30H28N4O4S/c1-19-7-3-4-8-22(19)32-26(35)16-18-34-28(27(33-30(34)39)23-9-5-6-17-31-23)25-15-14-24(38-25)20-10-12-21(13-11-20)29(36)37-2/h3-15,17,27-28H,16,18H2,1-2H3,(H,32,35)(H,33,39)/t27-,28-/m0/s1. The number of hydrogen-bond acceptors (Lipinski definition) is 6. The number of esters is 1. The Bertz CT molecular complexity index is 1490. The van der Waals surface area contributed by atoms with Crippen molar-refractivity contribution in [2.45, 2.75) is 25.4 Å². The van der Waals surface area contributed by atoms with E-state index >= 15 is 0 Å². The molecule has 5 rings (SSSR count). The van der Waals surface area contributed by atoms with Crippen molar-refractivity contribution in [1.82, 2.24) is 15.2 Å². The average molecular weight is 541 g/mol. The van der Waals surface area contributed by atoms with E-state index in [1.165, 1.54) is 7.11 Å². The van der Waals surface area contributed by atoms with Gasteiger partial charge in [0.05, 0.1) is 24.4 Å². The minimum atomic E-state index is -0.396. The zero-order valence-electron chi connectivity index (χ0n) is 21.6. The van der Waals surface area contributed by atoms with Gasteiger partial charge in [-0.3, -0.25) is 9.78 Å². The first-order chi connectivity index (χ1) is 18.9. The van der Waals surface area contributed by atoms with Gasteiger partial charge in [-0.15, -0.1) is 0 Å². The lowest BCUT2D eigenvalue weighted by Crippen LogP contribution is -2.32. The van der Waals surface area contributed by atoms with E-state index in [2.05, 4.69) is 15.6 Å². The number of nitrogens with one attached hydrogen (secondary N) is 2. The molecule has 3 heterocycles. The normalized spacial score (nSPS) is 16.6. The zero-order valence-corrected chi connectivity index (χ0v) is 22.4. The summed E-state index contributed by atoms with van der Waals surface area (Å²) in [6, 6.07) is 23.7. The van der Waals surface area contributed by atoms with E-state index in [-0.39, 0.29) is 24.4 Å². The molecule has 8 nitrogen and oxygen atoms in total. The lowest BCUT2D eigenvalue weighted by Gasteiger charge is -2.26. The van der Waals surface area contributed by atoms with Gasteiger partial charge >= 0.3 is 5.97 Å². The van der Waals surface area contributed by atoms with Crippen molar-refractivity contribution in [3.05, 3.63) is 108 Å². The van der Waals surface area contributed by atoms with Gasteiger partial charge in [0, 0.05) is 30.4 Å². The van der Waals surface area contributed by atoms with Crippen molar-refractivity contribution in [3.8, 4) is 11.3 Å². The summed E-state index contributed by atoms with van der Waals surface area (Å²) in [5, 5.41) is 6.90. The number of carbonyl (C=O) groups is 2. The second-order valence-corrected chi connectivity index (χ2v) is 9.59. The fourth-order valence-electron chi connectivity index (χ4n) is 4.66. The molecule has 4 aromatic rings. The van der Waals surface area contributed by atoms with Crippen LogP contribution < -0.4 is 10.6 Å². The molecule has 1 saturated heterocycles. The number of carbonyl (C=O) groups excluding carboxylic acids is 2. The number of thiocarbonyl (C=S) groups is 1. The summed E-state index contributed by atoms with van der Waals surface area (Å²) in [5.74, 6) is 0.839. The second-order valence-electron chi connectivity index (χ2n) is 9.20. The highest BCUT2D eigenvalue weighted by Gasteiger charge is 2.41. The number of aromatic nitrogens is 1. The van der Waals surface area contributed by atoms with Crippen LogP contribution >= 0.6 is 12.2 Å². The maximum atomic E-state index is 12.8. The molecule has 2 aromatic carbocycles. The number of aryl methyl sites for hydroxylation is 1. The molecule has 9 heteroatoms. The van der Waals surface area contributed by atoms with E-state index < -0.39 is 5.97 Å². The fraction of sp³-hybridized carbons (Fsp3) is 0.200. The molecule has 1 fully saturated rings. The van der Waals surface area contributed by atoms with Gasteiger partial charge in [0.15, 0.2) is 5.11 Å². The van der Waals surface area contributed by atoms with Crippen molar-refractivity contribution < 1.29 is 18.7 Å². The van der Waals surface area contributed by atoms with E-state index in [4.69, 9.17) is 21.4 Å². The van der Waals surface area contributed by atoms with Crippen LogP contribution in [0.25, 0.3) is 11.3 Å². The zero-order chi connectivity index (χ0) is 27.4. The molecule has 1 aliphatic heterocycles. The highest BCUT2D eigenvalue weighted by Crippen LogP contribution is 2.40. The number of hydrogen-bond donors (Lipinski definition) is 2. The van der Waals surface area contributed by atoms with Gasteiger partial charge in [0.2, 0.25) is 5.91 Å². The molecular weight excluding hydrogens is 512 g/mol. The fourth-order valence-corrected chi connectivity index (χ4v) is 4.99. The van der Waals surface area contributed by atoms with Crippen LogP contribution in [0.15, 0.2) is 89.5 Å². The molecule has 0 aliphatic carbocycles. The van der Waals surface area contributed by atoms with Gasteiger partial charge in [-0.25, -0.2) is 4.79 Å². The SMILES string of the molecule is COC(=O)c1ccc(-c2ccc([C@H]3[C@H](c4ccccn4)NC(=S)N3CCC(=O)Nc3ccccc3C)o2)cc1. The molecule has 0 radical (unpaired) electrons. The summed E-state index contributed by atoms with van der Waals surface area (Å²) in [5.41, 5.74) is 3.89. The summed E-state index contributed by atoms with van der Waals surface area (Å²) in [4.78, 5) is 31.2. The average Bonchev–Trinajstić information content (AvgIpc) is 3.58. The molecule has 2 atom stereocenters. The maximum Gasteiger partial charge on any atom is 0.337 e. The predicted molar refractivity (Wildman–Crippen MR) is 152 cm³/mol. The van der Waals surface area contributed by atoms with Crippen molar-refractivity contribution >= 4 is 34.9 Å². The molecule has 0 saturated carbocycles. The van der Waals surface area contributed by atoms with Crippen LogP contribution in [-0.4, -0.2) is 40.5 Å². The van der Waals surface area contributed by atoms with E-state index in [9.17, 15) is 9.59 Å². The summed E-state index contributed by atoms with van der Waals surface area (Å²) in [6.45, 7) is 2.35. The van der Waals surface area contributed by atoms with Gasteiger partial charge in [0.25, 0.3) is 0 Å². The number of para-hydroxylation sites is 1. The Morgan fingerprint density at radius 1 is 1.05 bits per heavy atom. The molecule has 1 amide bonds. The monoisotopic (exact) mass is 540 g/mol. The minimum Gasteiger partial charge on any atom is -0.465 e. The Kier molecular flexibility index (Phi) is 7.69. The van der Waals surface area contributed by atoms with Gasteiger partial charge in [0.1, 0.15) is 17.6 Å². The van der Waals surface area contributed by atoms with Crippen LogP contribution in [0.1, 0.15) is 45.9 Å². The second kappa shape index (κ2) is 11.5. The molecule has 39 heavy (non-hydrogen) atoms. The largest absolute Gasteiger partial charge is 0.465 e. The van der Waals surface area contributed by atoms with Gasteiger partial charge in [-0.1, -0.05) is 36.4 Å². The Morgan fingerprint density at radius 3 is 2.54 bits per heavy atom. The first-order valence-electron chi connectivity index (χ1n) is 12.6. The lowest BCUT2D eigenvalue weighted by atomic mass is 10.0. The lowest BCUT2D eigenvalue weighted by molar-refractivity contribution is -0.116. The van der Waals surface area contributed by atoms with Crippen LogP contribution in [-0.2, 0) is 9.53 Å². The van der Waals surface area contributed by atoms with Crippen molar-refractivity contribution in [2.75, 3.05) is 19.0 Å². The summed E-state index contributed by atoms with van der Waals surface area (Å²) < 4.78 is 11.1. The predicted octanol–water partition coefficient (Wildman–Crippen LogP) is 5.44. The van der Waals surface area contributed by atoms with Gasteiger partial charge in [-0.05, 0) is 67.2 Å². The van der Waals surface area contributed by atoms with Crippen molar-refractivity contribution in [3.63, 3.8) is 0 Å². The van der Waals surface area contributed by atoms with Gasteiger partial charge in [-0.2, -0.15) is 0 Å². The molecule has 0 bridgehead atoms. The number of amides is 1. The number of rotatable bonds is 8. The molecule has 0 unspecified atom stereocenters. The quantitative estimate of drug-likeness (QED) is 0.225.